The molecule has 1 aliphatic heterocycles. The second kappa shape index (κ2) is 7.13. The molecular formula is C18H19N11O. The Labute approximate surface area is 171 Å². The molecule has 0 radical (unpaired) electrons. The Hall–Kier alpha value is -3.96. The van der Waals surface area contributed by atoms with Crippen LogP contribution in [0, 0.1) is 13.8 Å². The summed E-state index contributed by atoms with van der Waals surface area (Å²) in [6, 6.07) is 3.76. The van der Waals surface area contributed by atoms with Crippen molar-refractivity contribution in [2.45, 2.75) is 13.8 Å². The molecule has 0 atom stereocenters. The highest BCUT2D eigenvalue weighted by molar-refractivity contribution is 5.91. The maximum Gasteiger partial charge on any atom is 0.293 e. The Balaban J connectivity index is 1.30. The molecule has 0 saturated carbocycles. The Morgan fingerprint density at radius 3 is 2.53 bits per heavy atom. The van der Waals surface area contributed by atoms with Crippen molar-refractivity contribution < 1.29 is 4.79 Å². The quantitative estimate of drug-likeness (QED) is 0.466. The highest BCUT2D eigenvalue weighted by Crippen LogP contribution is 2.16. The van der Waals surface area contributed by atoms with Crippen LogP contribution >= 0.6 is 0 Å². The van der Waals surface area contributed by atoms with Crippen LogP contribution in [0.3, 0.4) is 0 Å². The zero-order valence-electron chi connectivity index (χ0n) is 16.5. The zero-order valence-corrected chi connectivity index (χ0v) is 16.5. The second-order valence-corrected chi connectivity index (χ2v) is 7.04. The van der Waals surface area contributed by atoms with Crippen LogP contribution in [0.25, 0.3) is 11.6 Å². The summed E-state index contributed by atoms with van der Waals surface area (Å²) in [5, 5.41) is 8.44. The third-order valence-corrected chi connectivity index (χ3v) is 4.99. The first-order chi connectivity index (χ1) is 14.6. The molecule has 0 aliphatic carbocycles. The largest absolute Gasteiger partial charge is 0.353 e. The number of hydrogen-bond acceptors (Lipinski definition) is 9. The molecule has 1 amide bonds. The third-order valence-electron chi connectivity index (χ3n) is 4.99. The van der Waals surface area contributed by atoms with Gasteiger partial charge in [0.25, 0.3) is 11.7 Å². The van der Waals surface area contributed by atoms with E-state index in [1.165, 1.54) is 12.7 Å². The zero-order chi connectivity index (χ0) is 20.7. The van der Waals surface area contributed by atoms with Gasteiger partial charge in [0.1, 0.15) is 24.8 Å². The number of carbonyl (C=O) groups excluding carboxylic acids is 1. The molecule has 152 valence electrons. The molecule has 0 aromatic carbocycles. The van der Waals surface area contributed by atoms with Crippen molar-refractivity contribution in [2.75, 3.05) is 31.1 Å². The first-order valence-corrected chi connectivity index (χ1v) is 9.51. The van der Waals surface area contributed by atoms with Crippen LogP contribution in [0.1, 0.15) is 22.0 Å². The summed E-state index contributed by atoms with van der Waals surface area (Å²) in [5.74, 6) is 1.84. The summed E-state index contributed by atoms with van der Waals surface area (Å²) in [4.78, 5) is 38.0. The van der Waals surface area contributed by atoms with E-state index in [9.17, 15) is 4.79 Å². The molecule has 12 nitrogen and oxygen atoms in total. The molecule has 0 N–H and O–H groups in total. The highest BCUT2D eigenvalue weighted by Gasteiger charge is 2.26. The minimum absolute atomic E-state index is 0.167. The molecule has 5 rings (SSSR count). The molecule has 4 aromatic rings. The molecule has 0 unspecified atom stereocenters. The van der Waals surface area contributed by atoms with Gasteiger partial charge < -0.3 is 9.80 Å². The number of aromatic nitrogens is 9. The van der Waals surface area contributed by atoms with E-state index in [1.54, 1.807) is 20.4 Å². The van der Waals surface area contributed by atoms with E-state index in [2.05, 4.69) is 40.0 Å². The first kappa shape index (κ1) is 18.1. The van der Waals surface area contributed by atoms with E-state index in [4.69, 9.17) is 0 Å². The van der Waals surface area contributed by atoms with Crippen LogP contribution in [0.4, 0.5) is 5.82 Å². The van der Waals surface area contributed by atoms with Crippen LogP contribution in [0.15, 0.2) is 31.1 Å². The highest BCUT2D eigenvalue weighted by atomic mass is 16.2. The lowest BCUT2D eigenvalue weighted by Crippen LogP contribution is -2.49. The van der Waals surface area contributed by atoms with Crippen molar-refractivity contribution >= 4 is 17.5 Å². The van der Waals surface area contributed by atoms with E-state index < -0.39 is 0 Å². The van der Waals surface area contributed by atoms with Gasteiger partial charge in [-0.25, -0.2) is 29.1 Å². The Morgan fingerprint density at radius 2 is 1.77 bits per heavy atom. The van der Waals surface area contributed by atoms with Gasteiger partial charge in [0.2, 0.25) is 5.82 Å². The van der Waals surface area contributed by atoms with Gasteiger partial charge in [-0.2, -0.15) is 10.1 Å². The number of carbonyl (C=O) groups is 1. The number of fused-ring (bicyclic) bond motifs is 1. The molecule has 1 aliphatic rings. The monoisotopic (exact) mass is 405 g/mol. The summed E-state index contributed by atoms with van der Waals surface area (Å²) in [6.07, 6.45) is 4.54. The predicted molar refractivity (Wildman–Crippen MR) is 105 cm³/mol. The van der Waals surface area contributed by atoms with Gasteiger partial charge in [0, 0.05) is 43.6 Å². The summed E-state index contributed by atoms with van der Waals surface area (Å²) in [6.45, 7) is 6.18. The van der Waals surface area contributed by atoms with Crippen molar-refractivity contribution in [3.63, 3.8) is 0 Å². The summed E-state index contributed by atoms with van der Waals surface area (Å²) < 4.78 is 3.18. The number of hydrogen-bond donors (Lipinski definition) is 0. The molecule has 1 saturated heterocycles. The molecule has 1 fully saturated rings. The van der Waals surface area contributed by atoms with Gasteiger partial charge in [0.15, 0.2) is 5.82 Å². The van der Waals surface area contributed by atoms with E-state index in [1.807, 2.05) is 26.0 Å². The van der Waals surface area contributed by atoms with Gasteiger partial charge in [-0.15, -0.1) is 5.10 Å². The Morgan fingerprint density at radius 1 is 0.967 bits per heavy atom. The van der Waals surface area contributed by atoms with Crippen LogP contribution in [-0.2, 0) is 0 Å². The number of piperazine rings is 1. The van der Waals surface area contributed by atoms with Crippen LogP contribution in [0.2, 0.25) is 0 Å². The number of anilines is 1. The lowest BCUT2D eigenvalue weighted by Gasteiger charge is -2.34. The SMILES string of the molecule is Cc1cc(C)n2nc(C(=O)N3CCN(c4cc(-n5cncn5)ncn4)CC3)nc2n1. The average Bonchev–Trinajstić information content (AvgIpc) is 3.44. The molecule has 12 heteroatoms. The lowest BCUT2D eigenvalue weighted by molar-refractivity contribution is 0.0734. The fourth-order valence-corrected chi connectivity index (χ4v) is 3.50. The third kappa shape index (κ3) is 3.21. The fourth-order valence-electron chi connectivity index (χ4n) is 3.50. The van der Waals surface area contributed by atoms with Crippen molar-refractivity contribution in [2.24, 2.45) is 0 Å². The number of aryl methyl sites for hydroxylation is 2. The Kier molecular flexibility index (Phi) is 4.30. The molecule has 30 heavy (non-hydrogen) atoms. The van der Waals surface area contributed by atoms with Crippen LogP contribution in [-0.4, -0.2) is 81.3 Å². The first-order valence-electron chi connectivity index (χ1n) is 9.51. The standard InChI is InChI=1S/C18H19N11O/c1-12-7-13(2)29-18(23-12)24-16(25-29)17(30)27-5-3-26(4-6-27)14-8-15(21-10-20-14)28-11-19-9-22-28/h7-11H,3-6H2,1-2H3. The van der Waals surface area contributed by atoms with Gasteiger partial charge in [0.05, 0.1) is 0 Å². The fraction of sp³-hybridized carbons (Fsp3) is 0.333. The van der Waals surface area contributed by atoms with Crippen LogP contribution < -0.4 is 4.90 Å². The Bertz CT molecular complexity index is 1210. The number of rotatable bonds is 3. The van der Waals surface area contributed by atoms with E-state index in [0.717, 1.165) is 17.2 Å². The predicted octanol–water partition coefficient (Wildman–Crippen LogP) is 0.0742. The van der Waals surface area contributed by atoms with E-state index >= 15 is 0 Å². The van der Waals surface area contributed by atoms with E-state index in [-0.39, 0.29) is 11.7 Å². The van der Waals surface area contributed by atoms with Crippen molar-refractivity contribution in [3.05, 3.63) is 48.3 Å². The summed E-state index contributed by atoms with van der Waals surface area (Å²) in [7, 11) is 0. The molecule has 5 heterocycles. The number of amides is 1. The van der Waals surface area contributed by atoms with Gasteiger partial charge >= 0.3 is 0 Å². The lowest BCUT2D eigenvalue weighted by atomic mass is 10.3. The topological polar surface area (TPSA) is 123 Å². The maximum absolute atomic E-state index is 12.9. The van der Waals surface area contributed by atoms with Crippen molar-refractivity contribution in [3.8, 4) is 5.82 Å². The van der Waals surface area contributed by atoms with Gasteiger partial charge in [-0.3, -0.25) is 4.79 Å². The van der Waals surface area contributed by atoms with Crippen molar-refractivity contribution in [1.29, 1.82) is 0 Å². The van der Waals surface area contributed by atoms with E-state index in [0.29, 0.717) is 37.8 Å². The van der Waals surface area contributed by atoms with Gasteiger partial charge in [-0.05, 0) is 19.9 Å². The maximum atomic E-state index is 12.9. The summed E-state index contributed by atoms with van der Waals surface area (Å²) in [5.41, 5.74) is 1.73. The normalized spacial score (nSPS) is 14.5. The summed E-state index contributed by atoms with van der Waals surface area (Å²) >= 11 is 0. The average molecular weight is 405 g/mol. The molecule has 0 spiro atoms. The minimum Gasteiger partial charge on any atom is -0.353 e. The molecule has 4 aromatic heterocycles. The minimum atomic E-state index is -0.191. The molecular weight excluding hydrogens is 386 g/mol. The smallest absolute Gasteiger partial charge is 0.293 e. The second-order valence-electron chi connectivity index (χ2n) is 7.04. The van der Waals surface area contributed by atoms with Gasteiger partial charge in [-0.1, -0.05) is 0 Å². The van der Waals surface area contributed by atoms with Crippen molar-refractivity contribution in [1.82, 2.24) is 49.2 Å². The number of nitrogens with zero attached hydrogens (tertiary/aromatic N) is 11. The van der Waals surface area contributed by atoms with Crippen LogP contribution in [0.5, 0.6) is 0 Å². The molecule has 0 bridgehead atoms.